The predicted octanol–water partition coefficient (Wildman–Crippen LogP) is 1.33. The third kappa shape index (κ3) is 16.3. The van der Waals surface area contributed by atoms with E-state index in [1.165, 1.54) is 0 Å². The topological polar surface area (TPSA) is 94.6 Å². The lowest BCUT2D eigenvalue weighted by atomic mass is 10.3. The van der Waals surface area contributed by atoms with Crippen LogP contribution in [0.25, 0.3) is 0 Å². The summed E-state index contributed by atoms with van der Waals surface area (Å²) in [6.07, 6.45) is 1.32. The highest BCUT2D eigenvalue weighted by molar-refractivity contribution is 14.1. The first kappa shape index (κ1) is 20.6. The summed E-state index contributed by atoms with van der Waals surface area (Å²) in [5.41, 5.74) is 5.19. The summed E-state index contributed by atoms with van der Waals surface area (Å²) in [6, 6.07) is 0. The Hall–Kier alpha value is 0.320. The molecule has 0 aliphatic rings. The molecule has 0 spiro atoms. The average Bonchev–Trinajstić information content (AvgIpc) is 2.30. The minimum Gasteiger partial charge on any atom is -0.463 e. The van der Waals surface area contributed by atoms with E-state index >= 15 is 0 Å². The molecule has 0 fully saturated rings. The van der Waals surface area contributed by atoms with Crippen molar-refractivity contribution in [2.75, 3.05) is 37.5 Å². The molecule has 18 heavy (non-hydrogen) atoms. The van der Waals surface area contributed by atoms with Gasteiger partial charge in [0.15, 0.2) is 0 Å². The number of nitrogens with one attached hydrogen (secondary N) is 1. The molecule has 0 atom stereocenters. The lowest BCUT2D eigenvalue weighted by molar-refractivity contribution is -0.141. The standard InChI is InChI=1S/C10H19IN2O4.HI/c11-8-10(14)17-7-6-16-5-4-15-3-1-2-9(12)13;/h1-8H2,(H3,12,13);1H. The van der Waals surface area contributed by atoms with Crippen molar-refractivity contribution in [3.8, 4) is 0 Å². The van der Waals surface area contributed by atoms with Gasteiger partial charge in [-0.2, -0.15) is 0 Å². The first-order valence-corrected chi connectivity index (χ1v) is 6.89. The van der Waals surface area contributed by atoms with E-state index < -0.39 is 0 Å². The minimum absolute atomic E-state index is 0. The molecule has 0 amide bonds. The summed E-state index contributed by atoms with van der Waals surface area (Å²) in [7, 11) is 0. The van der Waals surface area contributed by atoms with Crippen LogP contribution in [0.3, 0.4) is 0 Å². The van der Waals surface area contributed by atoms with E-state index in [0.717, 1.165) is 6.42 Å². The minimum atomic E-state index is -0.227. The van der Waals surface area contributed by atoms with Crippen molar-refractivity contribution in [2.45, 2.75) is 12.8 Å². The van der Waals surface area contributed by atoms with Crippen LogP contribution in [0.1, 0.15) is 12.8 Å². The lowest BCUT2D eigenvalue weighted by Gasteiger charge is -2.06. The third-order valence-corrected chi connectivity index (χ3v) is 2.33. The number of ether oxygens (including phenoxy) is 3. The van der Waals surface area contributed by atoms with Crippen LogP contribution in [0, 0.1) is 5.41 Å². The number of carbonyl (C=O) groups excluding carboxylic acids is 1. The summed E-state index contributed by atoms with van der Waals surface area (Å²) in [5.74, 6) is -0.0448. The van der Waals surface area contributed by atoms with Crippen LogP contribution in [0.2, 0.25) is 0 Å². The molecule has 0 aliphatic heterocycles. The molecule has 0 rings (SSSR count). The average molecular weight is 486 g/mol. The van der Waals surface area contributed by atoms with Crippen LogP contribution in [-0.2, 0) is 19.0 Å². The molecule has 6 nitrogen and oxygen atoms in total. The fourth-order valence-electron chi connectivity index (χ4n) is 0.940. The molecule has 8 heteroatoms. The second kappa shape index (κ2) is 15.4. The molecule has 0 bridgehead atoms. The van der Waals surface area contributed by atoms with E-state index in [0.29, 0.717) is 37.3 Å². The highest BCUT2D eigenvalue weighted by Gasteiger charge is 1.98. The number of hydrogen-bond acceptors (Lipinski definition) is 5. The van der Waals surface area contributed by atoms with Gasteiger partial charge in [0, 0.05) is 13.0 Å². The largest absolute Gasteiger partial charge is 0.463 e. The van der Waals surface area contributed by atoms with E-state index in [-0.39, 0.29) is 42.4 Å². The Bertz CT molecular complexity index is 230. The van der Waals surface area contributed by atoms with Crippen molar-refractivity contribution in [1.82, 2.24) is 0 Å². The molecule has 0 aromatic rings. The van der Waals surface area contributed by atoms with Gasteiger partial charge in [0.05, 0.1) is 30.1 Å². The van der Waals surface area contributed by atoms with Crippen molar-refractivity contribution in [1.29, 1.82) is 5.41 Å². The monoisotopic (exact) mass is 486 g/mol. The Kier molecular flexibility index (Phi) is 17.6. The van der Waals surface area contributed by atoms with Gasteiger partial charge in [0.25, 0.3) is 0 Å². The SMILES string of the molecule is I.N=C(N)CCCOCCOCCOC(=O)CI. The summed E-state index contributed by atoms with van der Waals surface area (Å²) in [6.45, 7) is 2.22. The molecule has 0 aromatic carbocycles. The van der Waals surface area contributed by atoms with Crippen molar-refractivity contribution in [3.63, 3.8) is 0 Å². The maximum Gasteiger partial charge on any atom is 0.315 e. The first-order chi connectivity index (χ1) is 8.16. The van der Waals surface area contributed by atoms with E-state index in [4.69, 9.17) is 25.4 Å². The van der Waals surface area contributed by atoms with Crippen molar-refractivity contribution in [3.05, 3.63) is 0 Å². The summed E-state index contributed by atoms with van der Waals surface area (Å²) < 4.78 is 15.6. The maximum atomic E-state index is 10.7. The van der Waals surface area contributed by atoms with E-state index in [2.05, 4.69) is 0 Å². The molecular formula is C10H20I2N2O4. The molecule has 0 heterocycles. The molecule has 0 unspecified atom stereocenters. The number of esters is 1. The summed E-state index contributed by atoms with van der Waals surface area (Å²) in [4.78, 5) is 10.7. The quantitative estimate of drug-likeness (QED) is 0.115. The van der Waals surface area contributed by atoms with E-state index in [1.807, 2.05) is 22.6 Å². The van der Waals surface area contributed by atoms with Crippen LogP contribution in [0.4, 0.5) is 0 Å². The molecular weight excluding hydrogens is 466 g/mol. The van der Waals surface area contributed by atoms with Gasteiger partial charge in [-0.3, -0.25) is 10.2 Å². The first-order valence-electron chi connectivity index (χ1n) is 5.36. The molecule has 0 saturated carbocycles. The molecule has 0 aromatic heterocycles. The van der Waals surface area contributed by atoms with Gasteiger partial charge in [-0.25, -0.2) is 0 Å². The maximum absolute atomic E-state index is 10.7. The molecule has 3 N–H and O–H groups in total. The number of rotatable bonds is 11. The fourth-order valence-corrected chi connectivity index (χ4v) is 1.16. The van der Waals surface area contributed by atoms with Crippen LogP contribution >= 0.6 is 46.6 Å². The Morgan fingerprint density at radius 1 is 1.11 bits per heavy atom. The van der Waals surface area contributed by atoms with Gasteiger partial charge in [0.2, 0.25) is 0 Å². The lowest BCUT2D eigenvalue weighted by Crippen LogP contribution is -2.14. The Morgan fingerprint density at radius 3 is 2.22 bits per heavy atom. The number of alkyl halides is 1. The van der Waals surface area contributed by atoms with Gasteiger partial charge < -0.3 is 19.9 Å². The van der Waals surface area contributed by atoms with Crippen LogP contribution in [0.15, 0.2) is 0 Å². The van der Waals surface area contributed by atoms with Gasteiger partial charge in [-0.05, 0) is 6.42 Å². The van der Waals surface area contributed by atoms with Crippen molar-refractivity contribution in [2.24, 2.45) is 5.73 Å². The van der Waals surface area contributed by atoms with Crippen molar-refractivity contribution >= 4 is 58.4 Å². The van der Waals surface area contributed by atoms with Crippen LogP contribution in [0.5, 0.6) is 0 Å². The molecule has 0 aliphatic carbocycles. The fraction of sp³-hybridized carbons (Fsp3) is 0.800. The smallest absolute Gasteiger partial charge is 0.315 e. The number of hydrogen-bond donors (Lipinski definition) is 2. The zero-order valence-corrected chi connectivity index (χ0v) is 14.6. The van der Waals surface area contributed by atoms with Gasteiger partial charge in [-0.15, -0.1) is 24.0 Å². The molecule has 0 saturated heterocycles. The van der Waals surface area contributed by atoms with Crippen molar-refractivity contribution < 1.29 is 19.0 Å². The van der Waals surface area contributed by atoms with Crippen LogP contribution < -0.4 is 5.73 Å². The summed E-state index contributed by atoms with van der Waals surface area (Å²) in [5, 5.41) is 6.99. The highest BCUT2D eigenvalue weighted by atomic mass is 127. The van der Waals surface area contributed by atoms with Gasteiger partial charge >= 0.3 is 5.97 Å². The number of carbonyl (C=O) groups is 1. The molecule has 108 valence electrons. The third-order valence-electron chi connectivity index (χ3n) is 1.71. The Labute approximate surface area is 138 Å². The number of nitrogens with two attached hydrogens (primary N) is 1. The van der Waals surface area contributed by atoms with E-state index in [1.54, 1.807) is 0 Å². The Balaban J connectivity index is 0. The zero-order chi connectivity index (χ0) is 12.9. The second-order valence-electron chi connectivity index (χ2n) is 3.21. The van der Waals surface area contributed by atoms with Gasteiger partial charge in [-0.1, -0.05) is 22.6 Å². The zero-order valence-electron chi connectivity index (χ0n) is 10.2. The van der Waals surface area contributed by atoms with Gasteiger partial charge in [0.1, 0.15) is 6.61 Å². The second-order valence-corrected chi connectivity index (χ2v) is 3.97. The van der Waals surface area contributed by atoms with Crippen LogP contribution in [-0.4, -0.2) is 49.3 Å². The Morgan fingerprint density at radius 2 is 1.67 bits per heavy atom. The number of halogens is 2. The number of amidine groups is 1. The van der Waals surface area contributed by atoms with E-state index in [9.17, 15) is 4.79 Å². The summed E-state index contributed by atoms with van der Waals surface area (Å²) >= 11 is 1.95. The molecule has 0 radical (unpaired) electrons. The normalized spacial score (nSPS) is 9.61. The highest BCUT2D eigenvalue weighted by Crippen LogP contribution is 1.90. The predicted molar refractivity (Wildman–Crippen MR) is 88.0 cm³/mol.